The van der Waals surface area contributed by atoms with Gasteiger partial charge in [0.1, 0.15) is 0 Å². The van der Waals surface area contributed by atoms with E-state index < -0.39 is 0 Å². The minimum atomic E-state index is 0.0369. The second kappa shape index (κ2) is 8.96. The highest BCUT2D eigenvalue weighted by atomic mass is 35.5. The van der Waals surface area contributed by atoms with Gasteiger partial charge in [-0.25, -0.2) is 0 Å². The van der Waals surface area contributed by atoms with Gasteiger partial charge in [0.25, 0.3) is 0 Å². The third kappa shape index (κ3) is 5.82. The lowest BCUT2D eigenvalue weighted by Gasteiger charge is -2.13. The molecule has 0 saturated heterocycles. The van der Waals surface area contributed by atoms with Crippen molar-refractivity contribution >= 4 is 23.2 Å². The Hall–Kier alpha value is -1.32. The summed E-state index contributed by atoms with van der Waals surface area (Å²) in [5.41, 5.74) is 3.39. The Balaban J connectivity index is 1.62. The Morgan fingerprint density at radius 3 is 2.86 bits per heavy atom. The average Bonchev–Trinajstić information content (AvgIpc) is 2.51. The van der Waals surface area contributed by atoms with Crippen LogP contribution in [-0.4, -0.2) is 19.0 Å². The van der Waals surface area contributed by atoms with Crippen LogP contribution in [0.3, 0.4) is 0 Å². The number of halogens is 1. The maximum Gasteiger partial charge on any atom is 0.225 e. The molecule has 0 aromatic heterocycles. The average molecular weight is 321 g/mol. The topological polar surface area (TPSA) is 41.1 Å². The SMILES string of the molecule is Cc1cc(Cl)ccc1NC(=O)CCNCCC1=CCCCC1. The fourth-order valence-electron chi connectivity index (χ4n) is 2.69. The molecular weight excluding hydrogens is 296 g/mol. The molecule has 1 amide bonds. The van der Waals surface area contributed by atoms with Gasteiger partial charge in [-0.2, -0.15) is 0 Å². The smallest absolute Gasteiger partial charge is 0.225 e. The van der Waals surface area contributed by atoms with E-state index in [2.05, 4.69) is 16.7 Å². The molecule has 4 heteroatoms. The first-order valence-corrected chi connectivity index (χ1v) is 8.47. The number of aryl methyl sites for hydroxylation is 1. The number of hydrogen-bond acceptors (Lipinski definition) is 2. The Morgan fingerprint density at radius 1 is 1.27 bits per heavy atom. The van der Waals surface area contributed by atoms with Crippen LogP contribution in [0.2, 0.25) is 5.02 Å². The molecule has 0 bridgehead atoms. The summed E-state index contributed by atoms with van der Waals surface area (Å²) in [5.74, 6) is 0.0369. The van der Waals surface area contributed by atoms with E-state index in [1.807, 2.05) is 19.1 Å². The number of nitrogens with one attached hydrogen (secondary N) is 2. The highest BCUT2D eigenvalue weighted by Crippen LogP contribution is 2.20. The van der Waals surface area contributed by atoms with E-state index in [0.29, 0.717) is 18.0 Å². The van der Waals surface area contributed by atoms with Gasteiger partial charge in [0.05, 0.1) is 0 Å². The number of amides is 1. The van der Waals surface area contributed by atoms with Gasteiger partial charge in [-0.3, -0.25) is 4.79 Å². The third-order valence-electron chi connectivity index (χ3n) is 4.00. The van der Waals surface area contributed by atoms with E-state index in [1.165, 1.54) is 25.7 Å². The zero-order valence-corrected chi connectivity index (χ0v) is 14.0. The van der Waals surface area contributed by atoms with Crippen molar-refractivity contribution in [1.82, 2.24) is 5.32 Å². The minimum Gasteiger partial charge on any atom is -0.326 e. The Kier molecular flexibility index (Phi) is 6.94. The zero-order valence-electron chi connectivity index (χ0n) is 13.3. The lowest BCUT2D eigenvalue weighted by atomic mass is 9.97. The molecule has 0 atom stereocenters. The van der Waals surface area contributed by atoms with Crippen LogP contribution >= 0.6 is 11.6 Å². The van der Waals surface area contributed by atoms with Crippen molar-refractivity contribution in [2.45, 2.75) is 45.4 Å². The van der Waals surface area contributed by atoms with Crippen LogP contribution < -0.4 is 10.6 Å². The Labute approximate surface area is 138 Å². The van der Waals surface area contributed by atoms with Gasteiger partial charge in [-0.15, -0.1) is 0 Å². The predicted molar refractivity (Wildman–Crippen MR) is 93.5 cm³/mol. The molecule has 120 valence electrons. The van der Waals surface area contributed by atoms with E-state index in [0.717, 1.165) is 24.2 Å². The monoisotopic (exact) mass is 320 g/mol. The second-order valence-corrected chi connectivity index (χ2v) is 6.30. The molecule has 0 heterocycles. The van der Waals surface area contributed by atoms with Gasteiger partial charge >= 0.3 is 0 Å². The molecule has 1 aromatic rings. The fraction of sp³-hybridized carbons (Fsp3) is 0.500. The summed E-state index contributed by atoms with van der Waals surface area (Å²) in [6, 6.07) is 5.49. The first kappa shape index (κ1) is 17.0. The molecule has 1 aliphatic rings. The van der Waals surface area contributed by atoms with Crippen LogP contribution in [-0.2, 0) is 4.79 Å². The number of allylic oxidation sites excluding steroid dienone is 1. The molecule has 0 saturated carbocycles. The summed E-state index contributed by atoms with van der Waals surface area (Å²) in [5, 5.41) is 6.97. The molecule has 0 fully saturated rings. The molecule has 3 nitrogen and oxygen atoms in total. The summed E-state index contributed by atoms with van der Waals surface area (Å²) in [6.07, 6.45) is 9.12. The summed E-state index contributed by atoms with van der Waals surface area (Å²) in [6.45, 7) is 3.61. The Morgan fingerprint density at radius 2 is 2.14 bits per heavy atom. The van der Waals surface area contributed by atoms with Crippen LogP contribution in [0.5, 0.6) is 0 Å². The van der Waals surface area contributed by atoms with Crippen LogP contribution in [0.1, 0.15) is 44.1 Å². The van der Waals surface area contributed by atoms with Gasteiger partial charge in [0, 0.05) is 23.7 Å². The van der Waals surface area contributed by atoms with Crippen molar-refractivity contribution in [3.8, 4) is 0 Å². The minimum absolute atomic E-state index is 0.0369. The molecule has 22 heavy (non-hydrogen) atoms. The maximum absolute atomic E-state index is 11.9. The van der Waals surface area contributed by atoms with Crippen LogP contribution in [0.15, 0.2) is 29.8 Å². The van der Waals surface area contributed by atoms with Crippen molar-refractivity contribution < 1.29 is 4.79 Å². The largest absolute Gasteiger partial charge is 0.326 e. The van der Waals surface area contributed by atoms with Crippen molar-refractivity contribution in [3.05, 3.63) is 40.4 Å². The molecule has 1 aromatic carbocycles. The van der Waals surface area contributed by atoms with Gasteiger partial charge in [0.15, 0.2) is 0 Å². The summed E-state index contributed by atoms with van der Waals surface area (Å²) < 4.78 is 0. The zero-order chi connectivity index (χ0) is 15.8. The molecule has 0 radical (unpaired) electrons. The number of carbonyl (C=O) groups excluding carboxylic acids is 1. The van der Waals surface area contributed by atoms with Crippen molar-refractivity contribution in [2.24, 2.45) is 0 Å². The quantitative estimate of drug-likeness (QED) is 0.575. The van der Waals surface area contributed by atoms with Gasteiger partial charge < -0.3 is 10.6 Å². The van der Waals surface area contributed by atoms with Crippen molar-refractivity contribution in [3.63, 3.8) is 0 Å². The standard InChI is InChI=1S/C18H25ClN2O/c1-14-13-16(19)7-8-17(14)21-18(22)10-12-20-11-9-15-5-3-2-4-6-15/h5,7-8,13,20H,2-4,6,9-12H2,1H3,(H,21,22). The predicted octanol–water partition coefficient (Wildman–Crippen LogP) is 4.46. The van der Waals surface area contributed by atoms with Gasteiger partial charge in [-0.05, 0) is 69.3 Å². The highest BCUT2D eigenvalue weighted by Gasteiger charge is 2.06. The number of hydrogen-bond donors (Lipinski definition) is 2. The van der Waals surface area contributed by atoms with Crippen molar-refractivity contribution in [2.75, 3.05) is 18.4 Å². The summed E-state index contributed by atoms with van der Waals surface area (Å²) in [7, 11) is 0. The maximum atomic E-state index is 11.9. The van der Waals surface area contributed by atoms with E-state index in [-0.39, 0.29) is 5.91 Å². The van der Waals surface area contributed by atoms with Crippen LogP contribution in [0.25, 0.3) is 0 Å². The number of anilines is 1. The highest BCUT2D eigenvalue weighted by molar-refractivity contribution is 6.30. The third-order valence-corrected chi connectivity index (χ3v) is 4.23. The molecular formula is C18H25ClN2O. The van der Waals surface area contributed by atoms with Gasteiger partial charge in [-0.1, -0.05) is 23.3 Å². The van der Waals surface area contributed by atoms with E-state index in [4.69, 9.17) is 11.6 Å². The first-order chi connectivity index (χ1) is 10.6. The molecule has 2 N–H and O–H groups in total. The second-order valence-electron chi connectivity index (χ2n) is 5.87. The van der Waals surface area contributed by atoms with E-state index in [1.54, 1.807) is 11.6 Å². The number of rotatable bonds is 7. The molecule has 1 aliphatic carbocycles. The number of benzene rings is 1. The molecule has 0 spiro atoms. The number of carbonyl (C=O) groups is 1. The lowest BCUT2D eigenvalue weighted by molar-refractivity contribution is -0.116. The summed E-state index contributed by atoms with van der Waals surface area (Å²) in [4.78, 5) is 11.9. The van der Waals surface area contributed by atoms with Crippen LogP contribution in [0, 0.1) is 6.92 Å². The normalized spacial score (nSPS) is 14.5. The van der Waals surface area contributed by atoms with E-state index >= 15 is 0 Å². The molecule has 0 aliphatic heterocycles. The Bertz CT molecular complexity index is 540. The molecule has 2 rings (SSSR count). The van der Waals surface area contributed by atoms with Crippen molar-refractivity contribution in [1.29, 1.82) is 0 Å². The van der Waals surface area contributed by atoms with E-state index in [9.17, 15) is 4.79 Å². The first-order valence-electron chi connectivity index (χ1n) is 8.10. The molecule has 0 unspecified atom stereocenters. The van der Waals surface area contributed by atoms with Gasteiger partial charge in [0.2, 0.25) is 5.91 Å². The summed E-state index contributed by atoms with van der Waals surface area (Å²) >= 11 is 5.91. The van der Waals surface area contributed by atoms with Crippen LogP contribution in [0.4, 0.5) is 5.69 Å². The lowest BCUT2D eigenvalue weighted by Crippen LogP contribution is -2.23. The fourth-order valence-corrected chi connectivity index (χ4v) is 2.91.